The summed E-state index contributed by atoms with van der Waals surface area (Å²) in [7, 11) is 0. The molecule has 15 heavy (non-hydrogen) atoms. The van der Waals surface area contributed by atoms with Crippen LogP contribution in [-0.4, -0.2) is 11.8 Å². The van der Waals surface area contributed by atoms with Crippen molar-refractivity contribution in [1.82, 2.24) is 0 Å². The molecule has 0 aliphatic heterocycles. The molecule has 4 nitrogen and oxygen atoms in total. The third-order valence-electron chi connectivity index (χ3n) is 1.58. The zero-order valence-corrected chi connectivity index (χ0v) is 9.34. The van der Waals surface area contributed by atoms with Crippen LogP contribution in [0, 0.1) is 0 Å². The molecule has 0 amide bonds. The van der Waals surface area contributed by atoms with Gasteiger partial charge in [0.05, 0.1) is 10.6 Å². The molecule has 80 valence electrons. The molecule has 1 rings (SSSR count). The number of esters is 1. The number of para-hydroxylation sites is 1. The van der Waals surface area contributed by atoms with Crippen LogP contribution >= 0.6 is 23.4 Å². The van der Waals surface area contributed by atoms with Gasteiger partial charge in [0.2, 0.25) is 0 Å². The molecule has 2 N–H and O–H groups in total. The number of nitrogens with zero attached hydrogens (tertiary/aromatic N) is 1. The number of hydrogen-bond acceptors (Lipinski definition) is 3. The van der Waals surface area contributed by atoms with Gasteiger partial charge in [-0.15, -0.1) is 0 Å². The summed E-state index contributed by atoms with van der Waals surface area (Å²) in [4.78, 5) is 10.8. The van der Waals surface area contributed by atoms with Crippen molar-refractivity contribution in [3.8, 4) is 5.75 Å². The number of carbonyl (C=O) groups excluding carboxylic acids is 1. The lowest BCUT2D eigenvalue weighted by Crippen LogP contribution is -2.15. The van der Waals surface area contributed by atoms with E-state index in [2.05, 4.69) is 4.51 Å². The van der Waals surface area contributed by atoms with Crippen LogP contribution in [0.2, 0.25) is 5.02 Å². The van der Waals surface area contributed by atoms with Crippen molar-refractivity contribution in [2.45, 2.75) is 6.92 Å². The largest absolute Gasteiger partial charge is 0.424 e. The van der Waals surface area contributed by atoms with Gasteiger partial charge in [-0.25, -0.2) is 0 Å². The van der Waals surface area contributed by atoms with Crippen LogP contribution in [-0.2, 0) is 4.79 Å². The molecular formula is C9H8Cl2N2O2. The molecule has 0 aromatic heterocycles. The van der Waals surface area contributed by atoms with Crippen LogP contribution in [0.4, 0.5) is 0 Å². The minimum absolute atomic E-state index is 0.0374. The van der Waals surface area contributed by atoms with Crippen LogP contribution in [0.5, 0.6) is 5.75 Å². The Kier molecular flexibility index (Phi) is 3.94. The fourth-order valence-corrected chi connectivity index (χ4v) is 1.31. The Balaban J connectivity index is 3.26. The van der Waals surface area contributed by atoms with E-state index in [-0.39, 0.29) is 16.6 Å². The van der Waals surface area contributed by atoms with Crippen molar-refractivity contribution in [2.75, 3.05) is 0 Å². The summed E-state index contributed by atoms with van der Waals surface area (Å²) in [6, 6.07) is 4.83. The molecule has 0 heterocycles. The maximum atomic E-state index is 10.8. The van der Waals surface area contributed by atoms with Gasteiger partial charge in [-0.1, -0.05) is 17.7 Å². The molecule has 0 atom stereocenters. The predicted octanol–water partition coefficient (Wildman–Crippen LogP) is 2.12. The Morgan fingerprint density at radius 3 is 2.73 bits per heavy atom. The van der Waals surface area contributed by atoms with Gasteiger partial charge in [0.1, 0.15) is 5.84 Å². The van der Waals surface area contributed by atoms with E-state index in [1.165, 1.54) is 6.92 Å². The van der Waals surface area contributed by atoms with E-state index >= 15 is 0 Å². The second-order valence-electron chi connectivity index (χ2n) is 2.68. The monoisotopic (exact) mass is 246 g/mol. The molecule has 0 unspecified atom stereocenters. The first-order valence-electron chi connectivity index (χ1n) is 3.98. The highest BCUT2D eigenvalue weighted by Crippen LogP contribution is 2.28. The molecular weight excluding hydrogens is 239 g/mol. The lowest BCUT2D eigenvalue weighted by Gasteiger charge is -2.08. The summed E-state index contributed by atoms with van der Waals surface area (Å²) in [5.41, 5.74) is 5.89. The first kappa shape index (κ1) is 11.8. The van der Waals surface area contributed by atoms with Crippen LogP contribution in [0.25, 0.3) is 0 Å². The average Bonchev–Trinajstić information content (AvgIpc) is 2.19. The molecule has 0 saturated carbocycles. The van der Waals surface area contributed by atoms with E-state index in [0.29, 0.717) is 5.56 Å². The molecule has 6 heteroatoms. The fourth-order valence-electron chi connectivity index (χ4n) is 1.00. The van der Waals surface area contributed by atoms with E-state index in [4.69, 9.17) is 33.8 Å². The second kappa shape index (κ2) is 5.00. The molecule has 1 aromatic rings. The van der Waals surface area contributed by atoms with Crippen molar-refractivity contribution < 1.29 is 9.53 Å². The quantitative estimate of drug-likeness (QED) is 0.376. The van der Waals surface area contributed by atoms with Gasteiger partial charge < -0.3 is 10.5 Å². The van der Waals surface area contributed by atoms with Gasteiger partial charge in [-0.05, 0) is 12.1 Å². The Morgan fingerprint density at radius 1 is 1.53 bits per heavy atom. The molecule has 0 bridgehead atoms. The van der Waals surface area contributed by atoms with Gasteiger partial charge in [-0.3, -0.25) is 4.79 Å². The minimum Gasteiger partial charge on any atom is -0.424 e. The number of benzene rings is 1. The summed E-state index contributed by atoms with van der Waals surface area (Å²) in [6.45, 7) is 1.27. The molecule has 0 fully saturated rings. The van der Waals surface area contributed by atoms with E-state index < -0.39 is 5.97 Å². The van der Waals surface area contributed by atoms with Gasteiger partial charge in [0.15, 0.2) is 5.75 Å². The van der Waals surface area contributed by atoms with Gasteiger partial charge >= 0.3 is 5.97 Å². The van der Waals surface area contributed by atoms with E-state index in [1.807, 2.05) is 0 Å². The maximum absolute atomic E-state index is 10.8. The molecule has 0 radical (unpaired) electrons. The standard InChI is InChI=1S/C9H8Cl2N2O2/c1-5(14)15-8-6(9(12)13-11)3-2-4-7(8)10/h2-4H,1H3,(H2,12,13). The lowest BCUT2D eigenvalue weighted by molar-refractivity contribution is -0.131. The maximum Gasteiger partial charge on any atom is 0.308 e. The Labute approximate surface area is 96.8 Å². The summed E-state index contributed by atoms with van der Waals surface area (Å²) in [5, 5.41) is 0.269. The van der Waals surface area contributed by atoms with Crippen LogP contribution < -0.4 is 10.5 Å². The van der Waals surface area contributed by atoms with Crippen molar-refractivity contribution in [3.63, 3.8) is 0 Å². The van der Waals surface area contributed by atoms with Gasteiger partial charge in [-0.2, -0.15) is 4.51 Å². The molecule has 0 saturated heterocycles. The van der Waals surface area contributed by atoms with Gasteiger partial charge in [0.25, 0.3) is 0 Å². The first-order valence-corrected chi connectivity index (χ1v) is 4.69. The van der Waals surface area contributed by atoms with Crippen molar-refractivity contribution in [3.05, 3.63) is 28.8 Å². The van der Waals surface area contributed by atoms with E-state index in [9.17, 15) is 4.79 Å². The third-order valence-corrected chi connectivity index (χ3v) is 2.06. The molecule has 0 spiro atoms. The zero-order valence-electron chi connectivity index (χ0n) is 7.83. The Bertz CT molecular complexity index is 419. The first-order chi connectivity index (χ1) is 7.06. The van der Waals surface area contributed by atoms with Crippen molar-refractivity contribution >= 4 is 35.2 Å². The molecule has 1 aromatic carbocycles. The highest BCUT2D eigenvalue weighted by atomic mass is 35.5. The Morgan fingerprint density at radius 2 is 2.20 bits per heavy atom. The topological polar surface area (TPSA) is 64.7 Å². The molecule has 0 aliphatic rings. The number of rotatable bonds is 2. The highest BCUT2D eigenvalue weighted by Gasteiger charge is 2.13. The summed E-state index contributed by atoms with van der Waals surface area (Å²) in [6.07, 6.45) is 0. The van der Waals surface area contributed by atoms with Crippen molar-refractivity contribution in [1.29, 1.82) is 0 Å². The van der Waals surface area contributed by atoms with Crippen LogP contribution in [0.15, 0.2) is 22.7 Å². The summed E-state index contributed by atoms with van der Waals surface area (Å²) >= 11 is 11.1. The third kappa shape index (κ3) is 2.84. The normalized spacial score (nSPS) is 11.3. The minimum atomic E-state index is -0.494. The second-order valence-corrected chi connectivity index (χ2v) is 3.26. The number of ether oxygens (including phenoxy) is 1. The molecule has 0 aliphatic carbocycles. The Hall–Kier alpha value is -1.26. The number of nitrogens with two attached hydrogens (primary N) is 1. The smallest absolute Gasteiger partial charge is 0.308 e. The SMILES string of the molecule is CC(=O)Oc1c(Cl)cccc1/C(N)=N/Cl. The number of carbonyl (C=O) groups is 1. The number of halogens is 2. The van der Waals surface area contributed by atoms with E-state index in [0.717, 1.165) is 0 Å². The average molecular weight is 247 g/mol. The van der Waals surface area contributed by atoms with Crippen LogP contribution in [0.3, 0.4) is 0 Å². The van der Waals surface area contributed by atoms with Gasteiger partial charge in [0, 0.05) is 18.7 Å². The summed E-state index contributed by atoms with van der Waals surface area (Å²) in [5.74, 6) is -0.296. The fraction of sp³-hybridized carbons (Fsp3) is 0.111. The van der Waals surface area contributed by atoms with Crippen LogP contribution in [0.1, 0.15) is 12.5 Å². The number of hydrogen-bond donors (Lipinski definition) is 1. The zero-order chi connectivity index (χ0) is 11.4. The summed E-state index contributed by atoms with van der Waals surface area (Å²) < 4.78 is 8.19. The van der Waals surface area contributed by atoms with E-state index in [1.54, 1.807) is 18.2 Å². The predicted molar refractivity (Wildman–Crippen MR) is 59.3 cm³/mol. The lowest BCUT2D eigenvalue weighted by atomic mass is 10.2. The van der Waals surface area contributed by atoms with Crippen molar-refractivity contribution in [2.24, 2.45) is 10.2 Å². The number of amidine groups is 1. The highest BCUT2D eigenvalue weighted by molar-refractivity contribution is 6.33.